The van der Waals surface area contributed by atoms with Gasteiger partial charge in [-0.05, 0) is 12.8 Å². The second-order valence-electron chi connectivity index (χ2n) is 8.64. The van der Waals surface area contributed by atoms with Crippen LogP contribution >= 0.6 is 0 Å². The van der Waals surface area contributed by atoms with Gasteiger partial charge in [-0.3, -0.25) is 4.79 Å². The van der Waals surface area contributed by atoms with Gasteiger partial charge in [-0.15, -0.1) is 0 Å². The minimum absolute atomic E-state index is 0.0402. The Morgan fingerprint density at radius 2 is 2.06 bits per heavy atom. The van der Waals surface area contributed by atoms with Crippen molar-refractivity contribution < 1.29 is 14.4 Å². The number of aromatic amines is 1. The average Bonchev–Trinajstić information content (AvgIpc) is 3.45. The Balaban J connectivity index is 1.48. The Labute approximate surface area is 195 Å². The van der Waals surface area contributed by atoms with Crippen molar-refractivity contribution in [2.75, 3.05) is 6.61 Å². The van der Waals surface area contributed by atoms with Crippen LogP contribution in [0.2, 0.25) is 0 Å². The zero-order valence-electron chi connectivity index (χ0n) is 19.2. The van der Waals surface area contributed by atoms with Crippen molar-refractivity contribution in [3.05, 3.63) is 47.6 Å². The highest BCUT2D eigenvalue weighted by atomic mass is 16.5. The van der Waals surface area contributed by atoms with Crippen LogP contribution in [0.15, 0.2) is 29.2 Å². The van der Waals surface area contributed by atoms with E-state index in [4.69, 9.17) is 9.63 Å². The standard InChI is InChI=1S/C23H24N8O3/c1-13(27-21(33)16-9-14(25-12-26-16)7-5-6-8-32)18-10-15(31-34-18)19-28-17-11-24-22(23(2,3)4)30-20(17)29-19/h9-13,32H,6,8H2,1-4H3,(H,27,33)(H,24,28,29,30). The number of aliphatic hydroxyl groups excluding tert-OH is 1. The molecule has 174 valence electrons. The smallest absolute Gasteiger partial charge is 0.270 e. The van der Waals surface area contributed by atoms with Crippen LogP contribution in [0.1, 0.15) is 67.9 Å². The molecule has 0 fully saturated rings. The molecule has 4 rings (SSSR count). The molecule has 0 bridgehead atoms. The monoisotopic (exact) mass is 460 g/mol. The third kappa shape index (κ3) is 5.07. The number of hydrogen-bond donors (Lipinski definition) is 3. The number of aromatic nitrogens is 7. The number of nitrogens with zero attached hydrogens (tertiary/aromatic N) is 6. The third-order valence-corrected chi connectivity index (χ3v) is 4.81. The highest BCUT2D eigenvalue weighted by Crippen LogP contribution is 2.24. The van der Waals surface area contributed by atoms with E-state index in [1.807, 2.05) is 20.8 Å². The summed E-state index contributed by atoms with van der Waals surface area (Å²) in [6.45, 7) is 7.85. The summed E-state index contributed by atoms with van der Waals surface area (Å²) >= 11 is 0. The van der Waals surface area contributed by atoms with Crippen LogP contribution in [0, 0.1) is 11.8 Å². The minimum Gasteiger partial charge on any atom is -0.395 e. The maximum atomic E-state index is 12.6. The molecule has 1 unspecified atom stereocenters. The number of H-pyrrole nitrogens is 1. The van der Waals surface area contributed by atoms with Crippen molar-refractivity contribution in [1.29, 1.82) is 0 Å². The first-order chi connectivity index (χ1) is 16.2. The fourth-order valence-electron chi connectivity index (χ4n) is 3.00. The molecule has 1 atom stereocenters. The largest absolute Gasteiger partial charge is 0.395 e. The Hall–Kier alpha value is -4.17. The number of carbonyl (C=O) groups excluding carboxylic acids is 1. The van der Waals surface area contributed by atoms with Gasteiger partial charge in [0.1, 0.15) is 34.8 Å². The van der Waals surface area contributed by atoms with Crippen molar-refractivity contribution >= 4 is 17.1 Å². The molecule has 4 aromatic rings. The number of fused-ring (bicyclic) bond motifs is 1. The normalized spacial score (nSPS) is 12.3. The van der Waals surface area contributed by atoms with E-state index in [0.29, 0.717) is 46.4 Å². The first-order valence-corrected chi connectivity index (χ1v) is 10.7. The SMILES string of the molecule is CC(NC(=O)c1cc(C#CCCO)ncn1)c1cc(-c2nc3cnc(C(C)(C)C)nc3[nH]2)no1. The fraction of sp³-hybridized carbons (Fsp3) is 0.348. The third-order valence-electron chi connectivity index (χ3n) is 4.81. The van der Waals surface area contributed by atoms with E-state index >= 15 is 0 Å². The van der Waals surface area contributed by atoms with E-state index < -0.39 is 11.9 Å². The molecular weight excluding hydrogens is 436 g/mol. The number of aliphatic hydroxyl groups is 1. The zero-order chi connectivity index (χ0) is 24.3. The summed E-state index contributed by atoms with van der Waals surface area (Å²) in [5.74, 6) is 6.78. The van der Waals surface area contributed by atoms with Gasteiger partial charge in [-0.1, -0.05) is 31.8 Å². The molecule has 0 aliphatic heterocycles. The van der Waals surface area contributed by atoms with Crippen LogP contribution in [-0.2, 0) is 5.41 Å². The van der Waals surface area contributed by atoms with Gasteiger partial charge >= 0.3 is 0 Å². The predicted molar refractivity (Wildman–Crippen MR) is 122 cm³/mol. The van der Waals surface area contributed by atoms with Gasteiger partial charge < -0.3 is 19.9 Å². The van der Waals surface area contributed by atoms with Crippen molar-refractivity contribution in [3.8, 4) is 23.4 Å². The highest BCUT2D eigenvalue weighted by Gasteiger charge is 2.21. The molecule has 0 spiro atoms. The van der Waals surface area contributed by atoms with Crippen molar-refractivity contribution in [2.45, 2.75) is 45.6 Å². The summed E-state index contributed by atoms with van der Waals surface area (Å²) < 4.78 is 5.44. The first kappa shape index (κ1) is 23.0. The molecule has 34 heavy (non-hydrogen) atoms. The molecule has 11 nitrogen and oxygen atoms in total. The van der Waals surface area contributed by atoms with Crippen molar-refractivity contribution in [3.63, 3.8) is 0 Å². The minimum atomic E-state index is -0.482. The Bertz CT molecular complexity index is 1390. The molecule has 0 saturated carbocycles. The number of carbonyl (C=O) groups is 1. The Morgan fingerprint density at radius 3 is 2.82 bits per heavy atom. The Morgan fingerprint density at radius 1 is 1.24 bits per heavy atom. The van der Waals surface area contributed by atoms with Gasteiger partial charge in [-0.2, -0.15) is 0 Å². The summed E-state index contributed by atoms with van der Waals surface area (Å²) in [5.41, 5.74) is 2.09. The van der Waals surface area contributed by atoms with Gasteiger partial charge in [-0.25, -0.2) is 24.9 Å². The van der Waals surface area contributed by atoms with Gasteiger partial charge in [0.2, 0.25) is 0 Å². The fourth-order valence-corrected chi connectivity index (χ4v) is 3.00. The number of imidazole rings is 1. The lowest BCUT2D eigenvalue weighted by Crippen LogP contribution is -2.27. The molecule has 0 saturated heterocycles. The quantitative estimate of drug-likeness (QED) is 0.380. The van der Waals surface area contributed by atoms with Crippen LogP contribution in [0.25, 0.3) is 22.7 Å². The molecule has 11 heteroatoms. The average molecular weight is 460 g/mol. The molecular formula is C23H24N8O3. The summed E-state index contributed by atoms with van der Waals surface area (Å²) in [5, 5.41) is 15.7. The summed E-state index contributed by atoms with van der Waals surface area (Å²) in [6, 6.07) is 2.70. The van der Waals surface area contributed by atoms with Crippen LogP contribution in [0.4, 0.5) is 0 Å². The summed E-state index contributed by atoms with van der Waals surface area (Å²) in [7, 11) is 0. The summed E-state index contributed by atoms with van der Waals surface area (Å²) in [6.07, 6.45) is 3.27. The van der Waals surface area contributed by atoms with Crippen molar-refractivity contribution in [2.24, 2.45) is 0 Å². The van der Waals surface area contributed by atoms with E-state index in [0.717, 1.165) is 0 Å². The van der Waals surface area contributed by atoms with E-state index in [9.17, 15) is 4.79 Å². The zero-order valence-corrected chi connectivity index (χ0v) is 19.2. The first-order valence-electron chi connectivity index (χ1n) is 10.7. The lowest BCUT2D eigenvalue weighted by molar-refractivity contribution is 0.0928. The molecule has 0 aliphatic rings. The lowest BCUT2D eigenvalue weighted by atomic mass is 9.96. The number of hydrogen-bond acceptors (Lipinski definition) is 9. The molecule has 4 aromatic heterocycles. The second-order valence-corrected chi connectivity index (χ2v) is 8.64. The predicted octanol–water partition coefficient (Wildman–Crippen LogP) is 2.32. The van der Waals surface area contributed by atoms with E-state index in [2.05, 4.69) is 52.2 Å². The van der Waals surface area contributed by atoms with Gasteiger partial charge in [0.05, 0.1) is 18.8 Å². The maximum Gasteiger partial charge on any atom is 0.270 e. The molecule has 3 N–H and O–H groups in total. The molecule has 0 aromatic carbocycles. The van der Waals surface area contributed by atoms with Crippen LogP contribution < -0.4 is 5.32 Å². The van der Waals surface area contributed by atoms with E-state index in [1.165, 1.54) is 12.4 Å². The van der Waals surface area contributed by atoms with Crippen LogP contribution in [0.3, 0.4) is 0 Å². The van der Waals surface area contributed by atoms with Gasteiger partial charge in [0.25, 0.3) is 5.91 Å². The van der Waals surface area contributed by atoms with Crippen LogP contribution in [-0.4, -0.2) is 52.7 Å². The molecule has 1 amide bonds. The molecule has 4 heterocycles. The number of amides is 1. The number of nitrogens with one attached hydrogen (secondary N) is 2. The maximum absolute atomic E-state index is 12.6. The molecule has 0 radical (unpaired) electrons. The lowest BCUT2D eigenvalue weighted by Gasteiger charge is -2.15. The topological polar surface area (TPSA) is 156 Å². The second kappa shape index (κ2) is 9.36. The van der Waals surface area contributed by atoms with Gasteiger partial charge in [0, 0.05) is 24.0 Å². The van der Waals surface area contributed by atoms with Crippen molar-refractivity contribution in [1.82, 2.24) is 40.4 Å². The molecule has 0 aliphatic carbocycles. The van der Waals surface area contributed by atoms with Crippen LogP contribution in [0.5, 0.6) is 0 Å². The number of rotatable bonds is 5. The summed E-state index contributed by atoms with van der Waals surface area (Å²) in [4.78, 5) is 37.2. The van der Waals surface area contributed by atoms with E-state index in [-0.39, 0.29) is 17.7 Å². The van der Waals surface area contributed by atoms with E-state index in [1.54, 1.807) is 19.2 Å². The van der Waals surface area contributed by atoms with Gasteiger partial charge in [0.15, 0.2) is 17.2 Å². The Kier molecular flexibility index (Phi) is 6.34. The highest BCUT2D eigenvalue weighted by molar-refractivity contribution is 5.92.